The van der Waals surface area contributed by atoms with Crippen LogP contribution in [-0.4, -0.2) is 42.5 Å². The SMILES string of the molecule is CN(CC1(O)CCOCC1)c1cc(N)ccn1. The Morgan fingerprint density at radius 3 is 2.88 bits per heavy atom. The zero-order valence-corrected chi connectivity index (χ0v) is 10.1. The number of aromatic nitrogens is 1. The van der Waals surface area contributed by atoms with Crippen LogP contribution in [0.15, 0.2) is 18.3 Å². The molecule has 17 heavy (non-hydrogen) atoms. The third kappa shape index (κ3) is 3.08. The predicted octanol–water partition coefficient (Wildman–Crippen LogP) is 0.641. The number of aliphatic hydroxyl groups is 1. The molecule has 2 heterocycles. The number of nitrogens with zero attached hydrogens (tertiary/aromatic N) is 2. The normalized spacial score (nSPS) is 18.9. The summed E-state index contributed by atoms with van der Waals surface area (Å²) < 4.78 is 5.26. The quantitative estimate of drug-likeness (QED) is 0.807. The van der Waals surface area contributed by atoms with Crippen molar-refractivity contribution in [1.29, 1.82) is 0 Å². The van der Waals surface area contributed by atoms with Gasteiger partial charge in [-0.2, -0.15) is 0 Å². The zero-order chi connectivity index (χ0) is 12.3. The number of likely N-dealkylation sites (N-methyl/N-ethyl adjacent to an activating group) is 1. The average molecular weight is 237 g/mol. The monoisotopic (exact) mass is 237 g/mol. The van der Waals surface area contributed by atoms with Gasteiger partial charge >= 0.3 is 0 Å². The lowest BCUT2D eigenvalue weighted by Crippen LogP contribution is -2.46. The highest BCUT2D eigenvalue weighted by atomic mass is 16.5. The summed E-state index contributed by atoms with van der Waals surface area (Å²) in [4.78, 5) is 6.17. The smallest absolute Gasteiger partial charge is 0.130 e. The van der Waals surface area contributed by atoms with Crippen LogP contribution in [0.4, 0.5) is 11.5 Å². The lowest BCUT2D eigenvalue weighted by Gasteiger charge is -2.35. The van der Waals surface area contributed by atoms with E-state index in [2.05, 4.69) is 4.98 Å². The van der Waals surface area contributed by atoms with Crippen LogP contribution in [0.3, 0.4) is 0 Å². The molecular formula is C12H19N3O2. The molecule has 3 N–H and O–H groups in total. The first-order valence-corrected chi connectivity index (χ1v) is 5.82. The van der Waals surface area contributed by atoms with Gasteiger partial charge in [-0.1, -0.05) is 0 Å². The summed E-state index contributed by atoms with van der Waals surface area (Å²) in [7, 11) is 1.91. The van der Waals surface area contributed by atoms with Crippen LogP contribution in [0, 0.1) is 0 Å². The summed E-state index contributed by atoms with van der Waals surface area (Å²) in [6.07, 6.45) is 3.01. The van der Waals surface area contributed by atoms with Crippen molar-refractivity contribution in [3.8, 4) is 0 Å². The van der Waals surface area contributed by atoms with Gasteiger partial charge < -0.3 is 20.5 Å². The van der Waals surface area contributed by atoms with E-state index in [0.29, 0.717) is 38.3 Å². The summed E-state index contributed by atoms with van der Waals surface area (Å²) in [6, 6.07) is 3.56. The molecule has 1 aromatic rings. The maximum atomic E-state index is 10.4. The summed E-state index contributed by atoms with van der Waals surface area (Å²) >= 11 is 0. The lowest BCUT2D eigenvalue weighted by atomic mass is 9.94. The Balaban J connectivity index is 2.03. The molecule has 0 atom stereocenters. The molecule has 0 saturated carbocycles. The predicted molar refractivity (Wildman–Crippen MR) is 66.9 cm³/mol. The molecular weight excluding hydrogens is 218 g/mol. The van der Waals surface area contributed by atoms with E-state index in [-0.39, 0.29) is 0 Å². The fourth-order valence-electron chi connectivity index (χ4n) is 2.07. The fourth-order valence-corrected chi connectivity index (χ4v) is 2.07. The molecule has 0 unspecified atom stereocenters. The van der Waals surface area contributed by atoms with Crippen LogP contribution < -0.4 is 10.6 Å². The number of pyridine rings is 1. The molecule has 2 rings (SSSR count). The Labute approximate surface area is 101 Å². The van der Waals surface area contributed by atoms with Gasteiger partial charge in [0.2, 0.25) is 0 Å². The molecule has 0 spiro atoms. The first-order valence-electron chi connectivity index (χ1n) is 5.82. The molecule has 5 heteroatoms. The van der Waals surface area contributed by atoms with Crippen molar-refractivity contribution in [3.05, 3.63) is 18.3 Å². The van der Waals surface area contributed by atoms with Crippen molar-refractivity contribution in [2.75, 3.05) is 37.4 Å². The standard InChI is InChI=1S/C12H19N3O2/c1-15(11-8-10(13)2-5-14-11)9-12(16)3-6-17-7-4-12/h2,5,8,16H,3-4,6-7,9H2,1H3,(H2,13,14). The summed E-state index contributed by atoms with van der Waals surface area (Å²) in [5.74, 6) is 0.782. The minimum atomic E-state index is -0.681. The van der Waals surface area contributed by atoms with Gasteiger partial charge in [0.1, 0.15) is 5.82 Å². The highest BCUT2D eigenvalue weighted by Gasteiger charge is 2.31. The summed E-state index contributed by atoms with van der Waals surface area (Å²) in [5.41, 5.74) is 5.71. The second-order valence-corrected chi connectivity index (χ2v) is 4.64. The van der Waals surface area contributed by atoms with E-state index in [1.54, 1.807) is 12.3 Å². The summed E-state index contributed by atoms with van der Waals surface area (Å²) in [5, 5.41) is 10.4. The second-order valence-electron chi connectivity index (χ2n) is 4.64. The molecule has 1 aliphatic heterocycles. The number of rotatable bonds is 3. The number of ether oxygens (including phenoxy) is 1. The minimum Gasteiger partial charge on any atom is -0.399 e. The van der Waals surface area contributed by atoms with Crippen LogP contribution in [0.25, 0.3) is 0 Å². The van der Waals surface area contributed by atoms with Gasteiger partial charge in [0.05, 0.1) is 5.60 Å². The Morgan fingerprint density at radius 2 is 2.24 bits per heavy atom. The van der Waals surface area contributed by atoms with E-state index in [1.165, 1.54) is 0 Å². The minimum absolute atomic E-state index is 0.548. The molecule has 0 aromatic carbocycles. The summed E-state index contributed by atoms with van der Waals surface area (Å²) in [6.45, 7) is 1.79. The van der Waals surface area contributed by atoms with Gasteiger partial charge in [-0.05, 0) is 6.07 Å². The average Bonchev–Trinajstić information content (AvgIpc) is 2.29. The van der Waals surface area contributed by atoms with Crippen molar-refractivity contribution < 1.29 is 9.84 Å². The van der Waals surface area contributed by atoms with Gasteiger partial charge in [0, 0.05) is 57.6 Å². The molecule has 5 nitrogen and oxygen atoms in total. The Morgan fingerprint density at radius 1 is 1.53 bits per heavy atom. The van der Waals surface area contributed by atoms with Crippen LogP contribution in [0.1, 0.15) is 12.8 Å². The first-order chi connectivity index (χ1) is 8.09. The number of nitrogens with two attached hydrogens (primary N) is 1. The molecule has 0 radical (unpaired) electrons. The van der Waals surface area contributed by atoms with E-state index in [1.807, 2.05) is 18.0 Å². The van der Waals surface area contributed by atoms with Crippen molar-refractivity contribution in [3.63, 3.8) is 0 Å². The molecule has 0 bridgehead atoms. The molecule has 94 valence electrons. The number of hydrogen-bond acceptors (Lipinski definition) is 5. The Kier molecular flexibility index (Phi) is 3.49. The molecule has 1 saturated heterocycles. The van der Waals surface area contributed by atoms with Gasteiger partial charge in [-0.3, -0.25) is 0 Å². The molecule has 1 aromatic heterocycles. The maximum Gasteiger partial charge on any atom is 0.130 e. The van der Waals surface area contributed by atoms with Gasteiger partial charge in [0.15, 0.2) is 0 Å². The van der Waals surface area contributed by atoms with Gasteiger partial charge in [-0.25, -0.2) is 4.98 Å². The molecule has 0 amide bonds. The largest absolute Gasteiger partial charge is 0.399 e. The highest BCUT2D eigenvalue weighted by molar-refractivity contribution is 5.49. The van der Waals surface area contributed by atoms with E-state index in [0.717, 1.165) is 5.82 Å². The second kappa shape index (κ2) is 4.89. The molecule has 1 aliphatic rings. The number of hydrogen-bond donors (Lipinski definition) is 2. The molecule has 1 fully saturated rings. The van der Waals surface area contributed by atoms with E-state index in [4.69, 9.17) is 10.5 Å². The van der Waals surface area contributed by atoms with E-state index >= 15 is 0 Å². The zero-order valence-electron chi connectivity index (χ0n) is 10.1. The number of anilines is 2. The van der Waals surface area contributed by atoms with Crippen molar-refractivity contribution in [2.45, 2.75) is 18.4 Å². The first kappa shape index (κ1) is 12.1. The fraction of sp³-hybridized carbons (Fsp3) is 0.583. The Bertz CT molecular complexity index is 378. The lowest BCUT2D eigenvalue weighted by molar-refractivity contribution is -0.0573. The third-order valence-electron chi connectivity index (χ3n) is 3.12. The maximum absolute atomic E-state index is 10.4. The van der Waals surface area contributed by atoms with Crippen molar-refractivity contribution in [2.24, 2.45) is 0 Å². The van der Waals surface area contributed by atoms with Crippen LogP contribution in [-0.2, 0) is 4.74 Å². The number of nitrogen functional groups attached to an aromatic ring is 1. The van der Waals surface area contributed by atoms with Crippen LogP contribution in [0.2, 0.25) is 0 Å². The van der Waals surface area contributed by atoms with Crippen LogP contribution in [0.5, 0.6) is 0 Å². The van der Waals surface area contributed by atoms with E-state index in [9.17, 15) is 5.11 Å². The van der Waals surface area contributed by atoms with Gasteiger partial charge in [0.25, 0.3) is 0 Å². The van der Waals surface area contributed by atoms with Crippen molar-refractivity contribution >= 4 is 11.5 Å². The van der Waals surface area contributed by atoms with Crippen molar-refractivity contribution in [1.82, 2.24) is 4.98 Å². The third-order valence-corrected chi connectivity index (χ3v) is 3.12. The van der Waals surface area contributed by atoms with E-state index < -0.39 is 5.60 Å². The van der Waals surface area contributed by atoms with Crippen LogP contribution >= 0.6 is 0 Å². The Hall–Kier alpha value is -1.33. The highest BCUT2D eigenvalue weighted by Crippen LogP contribution is 2.23. The topological polar surface area (TPSA) is 71.6 Å². The molecule has 0 aliphatic carbocycles. The van der Waals surface area contributed by atoms with Gasteiger partial charge in [-0.15, -0.1) is 0 Å².